The Bertz CT molecular complexity index is 735. The highest BCUT2D eigenvalue weighted by Crippen LogP contribution is 2.18. The van der Waals surface area contributed by atoms with E-state index in [1.165, 1.54) is 0 Å². The fraction of sp³-hybridized carbons (Fsp3) is 0.500. The van der Waals surface area contributed by atoms with Crippen LogP contribution in [0.2, 0.25) is 5.02 Å². The van der Waals surface area contributed by atoms with Gasteiger partial charge in [0.1, 0.15) is 0 Å². The Kier molecular flexibility index (Phi) is 6.33. The van der Waals surface area contributed by atoms with Crippen molar-refractivity contribution in [3.05, 3.63) is 53.1 Å². The number of imidazole rings is 1. The molecule has 0 bridgehead atoms. The number of carbonyl (C=O) groups is 1. The van der Waals surface area contributed by atoms with Gasteiger partial charge in [0.25, 0.3) is 5.91 Å². The van der Waals surface area contributed by atoms with Gasteiger partial charge in [-0.2, -0.15) is 0 Å². The molecule has 1 fully saturated rings. The molecule has 2 heterocycles. The number of nitrogens with zero attached hydrogens (tertiary/aromatic N) is 3. The molecule has 0 spiro atoms. The van der Waals surface area contributed by atoms with Crippen LogP contribution in [-0.4, -0.2) is 46.0 Å². The zero-order chi connectivity index (χ0) is 18.5. The summed E-state index contributed by atoms with van der Waals surface area (Å²) in [4.78, 5) is 19.3. The number of piperidine rings is 1. The monoisotopic (exact) mass is 374 g/mol. The molecule has 1 aromatic heterocycles. The van der Waals surface area contributed by atoms with Crippen LogP contribution in [0.4, 0.5) is 0 Å². The van der Waals surface area contributed by atoms with Gasteiger partial charge < -0.3 is 14.8 Å². The Morgan fingerprint density at radius 3 is 2.81 bits per heavy atom. The Morgan fingerprint density at radius 1 is 1.35 bits per heavy atom. The van der Waals surface area contributed by atoms with Crippen LogP contribution in [0.3, 0.4) is 0 Å². The van der Waals surface area contributed by atoms with E-state index in [1.54, 1.807) is 6.20 Å². The predicted molar refractivity (Wildman–Crippen MR) is 105 cm³/mol. The van der Waals surface area contributed by atoms with Gasteiger partial charge in [0.05, 0.1) is 0 Å². The van der Waals surface area contributed by atoms with Crippen LogP contribution < -0.4 is 5.32 Å². The molecule has 1 saturated heterocycles. The normalized spacial score (nSPS) is 16.2. The lowest BCUT2D eigenvalue weighted by atomic mass is 9.96. The fourth-order valence-corrected chi connectivity index (χ4v) is 3.68. The molecule has 0 radical (unpaired) electrons. The minimum Gasteiger partial charge on any atom is -0.349 e. The minimum absolute atomic E-state index is 0.108. The van der Waals surface area contributed by atoms with Crippen LogP contribution in [0.15, 0.2) is 36.7 Å². The molecular weight excluding hydrogens is 348 g/mol. The van der Waals surface area contributed by atoms with E-state index in [0.717, 1.165) is 38.0 Å². The van der Waals surface area contributed by atoms with E-state index in [4.69, 9.17) is 11.6 Å². The summed E-state index contributed by atoms with van der Waals surface area (Å²) in [7, 11) is 0. The lowest BCUT2D eigenvalue weighted by Crippen LogP contribution is -2.41. The van der Waals surface area contributed by atoms with E-state index in [9.17, 15) is 4.79 Å². The van der Waals surface area contributed by atoms with Crippen molar-refractivity contribution in [1.29, 1.82) is 0 Å². The number of benzene rings is 1. The molecule has 0 unspecified atom stereocenters. The van der Waals surface area contributed by atoms with Crippen molar-refractivity contribution in [1.82, 2.24) is 19.8 Å². The fourth-order valence-electron chi connectivity index (χ4n) is 3.47. The number of hydrogen-bond acceptors (Lipinski definition) is 3. The summed E-state index contributed by atoms with van der Waals surface area (Å²) in [5.74, 6) is 0.887. The van der Waals surface area contributed by atoms with Crippen LogP contribution >= 0.6 is 11.6 Å². The summed E-state index contributed by atoms with van der Waals surface area (Å²) >= 11 is 6.05. The minimum atomic E-state index is -0.108. The third-order valence-corrected chi connectivity index (χ3v) is 5.33. The van der Waals surface area contributed by atoms with Crippen LogP contribution in [0.1, 0.15) is 42.9 Å². The topological polar surface area (TPSA) is 50.2 Å². The van der Waals surface area contributed by atoms with E-state index in [1.807, 2.05) is 35.0 Å². The second kappa shape index (κ2) is 8.69. The smallest absolute Gasteiger partial charge is 0.287 e. The van der Waals surface area contributed by atoms with Crippen LogP contribution in [0.25, 0.3) is 0 Å². The summed E-state index contributed by atoms with van der Waals surface area (Å²) in [5, 5.41) is 3.77. The number of amides is 1. The number of aromatic nitrogens is 2. The van der Waals surface area contributed by atoms with Gasteiger partial charge in [0, 0.05) is 36.5 Å². The standard InChI is InChI=1S/C20H27ClN4O/c1-15(2)24-9-6-16(7-10-24)13-23-20(26)19-22-8-11-25(19)14-17-4-3-5-18(21)12-17/h3-5,8,11-12,15-16H,6-7,9-10,13-14H2,1-2H3,(H,23,26). The first-order valence-electron chi connectivity index (χ1n) is 9.30. The molecule has 2 aromatic rings. The van der Waals surface area contributed by atoms with Crippen molar-refractivity contribution in [2.75, 3.05) is 19.6 Å². The Hall–Kier alpha value is -1.85. The number of carbonyl (C=O) groups excluding carboxylic acids is 1. The van der Waals surface area contributed by atoms with Gasteiger partial charge in [0.15, 0.2) is 5.82 Å². The third-order valence-electron chi connectivity index (χ3n) is 5.09. The summed E-state index contributed by atoms with van der Waals surface area (Å²) < 4.78 is 1.86. The molecule has 26 heavy (non-hydrogen) atoms. The van der Waals surface area contributed by atoms with Crippen molar-refractivity contribution in [2.24, 2.45) is 5.92 Å². The van der Waals surface area contributed by atoms with Crippen molar-refractivity contribution >= 4 is 17.5 Å². The van der Waals surface area contributed by atoms with Crippen LogP contribution in [0, 0.1) is 5.92 Å². The maximum absolute atomic E-state index is 12.6. The molecule has 3 rings (SSSR count). The summed E-state index contributed by atoms with van der Waals surface area (Å²) in [6.45, 7) is 8.00. The molecule has 1 aromatic carbocycles. The first-order chi connectivity index (χ1) is 12.5. The summed E-state index contributed by atoms with van der Waals surface area (Å²) in [5.41, 5.74) is 1.05. The highest BCUT2D eigenvalue weighted by Gasteiger charge is 2.22. The SMILES string of the molecule is CC(C)N1CCC(CNC(=O)c2nccn2Cc2cccc(Cl)c2)CC1. The summed E-state index contributed by atoms with van der Waals surface area (Å²) in [6, 6.07) is 8.26. The van der Waals surface area contributed by atoms with E-state index in [0.29, 0.717) is 29.4 Å². The average molecular weight is 375 g/mol. The van der Waals surface area contributed by atoms with Gasteiger partial charge in [0.2, 0.25) is 0 Å². The van der Waals surface area contributed by atoms with E-state index >= 15 is 0 Å². The number of nitrogens with one attached hydrogen (secondary N) is 1. The van der Waals surface area contributed by atoms with Gasteiger partial charge in [-0.3, -0.25) is 4.79 Å². The number of halogens is 1. The maximum Gasteiger partial charge on any atom is 0.287 e. The van der Waals surface area contributed by atoms with E-state index in [-0.39, 0.29) is 5.91 Å². The third kappa shape index (κ3) is 4.86. The van der Waals surface area contributed by atoms with Gasteiger partial charge in [-0.05, 0) is 63.4 Å². The second-order valence-electron chi connectivity index (χ2n) is 7.29. The Balaban J connectivity index is 1.54. The quantitative estimate of drug-likeness (QED) is 0.842. The molecule has 1 aliphatic rings. The lowest BCUT2D eigenvalue weighted by Gasteiger charge is -2.34. The van der Waals surface area contributed by atoms with Gasteiger partial charge in [-0.25, -0.2) is 4.98 Å². The molecule has 0 atom stereocenters. The molecule has 1 N–H and O–H groups in total. The maximum atomic E-state index is 12.6. The van der Waals surface area contributed by atoms with Crippen molar-refractivity contribution < 1.29 is 4.79 Å². The van der Waals surface area contributed by atoms with Crippen LogP contribution in [0.5, 0.6) is 0 Å². The molecular formula is C20H27ClN4O. The highest BCUT2D eigenvalue weighted by atomic mass is 35.5. The number of likely N-dealkylation sites (tertiary alicyclic amines) is 1. The van der Waals surface area contributed by atoms with Crippen LogP contribution in [-0.2, 0) is 6.54 Å². The molecule has 140 valence electrons. The average Bonchev–Trinajstić information content (AvgIpc) is 3.08. The summed E-state index contributed by atoms with van der Waals surface area (Å²) in [6.07, 6.45) is 5.77. The lowest BCUT2D eigenvalue weighted by molar-refractivity contribution is 0.0915. The molecule has 5 nitrogen and oxygen atoms in total. The van der Waals surface area contributed by atoms with Gasteiger partial charge in [-0.1, -0.05) is 23.7 Å². The van der Waals surface area contributed by atoms with Crippen molar-refractivity contribution in [2.45, 2.75) is 39.3 Å². The van der Waals surface area contributed by atoms with Crippen molar-refractivity contribution in [3.8, 4) is 0 Å². The second-order valence-corrected chi connectivity index (χ2v) is 7.73. The first kappa shape index (κ1) is 18.9. The molecule has 6 heteroatoms. The van der Waals surface area contributed by atoms with Crippen molar-refractivity contribution in [3.63, 3.8) is 0 Å². The molecule has 0 saturated carbocycles. The van der Waals surface area contributed by atoms with E-state index < -0.39 is 0 Å². The predicted octanol–water partition coefficient (Wildman–Crippen LogP) is 3.44. The molecule has 1 aliphatic heterocycles. The van der Waals surface area contributed by atoms with Gasteiger partial charge in [-0.15, -0.1) is 0 Å². The number of rotatable bonds is 6. The molecule has 1 amide bonds. The van der Waals surface area contributed by atoms with E-state index in [2.05, 4.69) is 29.0 Å². The Morgan fingerprint density at radius 2 is 2.12 bits per heavy atom. The number of hydrogen-bond donors (Lipinski definition) is 1. The highest BCUT2D eigenvalue weighted by molar-refractivity contribution is 6.30. The molecule has 0 aliphatic carbocycles. The largest absolute Gasteiger partial charge is 0.349 e. The van der Waals surface area contributed by atoms with Gasteiger partial charge >= 0.3 is 0 Å². The zero-order valence-electron chi connectivity index (χ0n) is 15.5. The zero-order valence-corrected chi connectivity index (χ0v) is 16.2. The first-order valence-corrected chi connectivity index (χ1v) is 9.68. The Labute approximate surface area is 160 Å².